The first kappa shape index (κ1) is 16.5. The molecule has 2 amide bonds. The molecule has 1 atom stereocenters. The Kier molecular flexibility index (Phi) is 5.33. The number of thiazole rings is 1. The largest absolute Gasteiger partial charge is 0.338 e. The lowest BCUT2D eigenvalue weighted by Gasteiger charge is -2.30. The van der Waals surface area contributed by atoms with Crippen LogP contribution in [-0.4, -0.2) is 35.5 Å². The molecule has 2 aromatic rings. The number of rotatable bonds is 4. The second-order valence-corrected chi connectivity index (χ2v) is 8.42. The highest BCUT2D eigenvalue weighted by Gasteiger charge is 2.20. The molecule has 0 radical (unpaired) electrons. The van der Waals surface area contributed by atoms with Gasteiger partial charge in [0.15, 0.2) is 0 Å². The number of amides is 2. The maximum Gasteiger partial charge on any atom is 0.317 e. The molecule has 1 aliphatic heterocycles. The summed E-state index contributed by atoms with van der Waals surface area (Å²) in [6.45, 7) is 6.72. The van der Waals surface area contributed by atoms with Gasteiger partial charge in [0.25, 0.3) is 0 Å². The Hall–Kier alpha value is -1.40. The van der Waals surface area contributed by atoms with Crippen molar-refractivity contribution in [3.8, 4) is 10.6 Å². The Morgan fingerprint density at radius 3 is 3.09 bits per heavy atom. The van der Waals surface area contributed by atoms with Gasteiger partial charge in [-0.25, -0.2) is 9.78 Å². The van der Waals surface area contributed by atoms with E-state index in [4.69, 9.17) is 0 Å². The summed E-state index contributed by atoms with van der Waals surface area (Å²) in [7, 11) is 0. The van der Waals surface area contributed by atoms with E-state index in [0.29, 0.717) is 12.5 Å². The number of nitrogens with zero attached hydrogens (tertiary/aromatic N) is 2. The summed E-state index contributed by atoms with van der Waals surface area (Å²) in [4.78, 5) is 21.1. The standard InChI is InChI=1S/C17H23N3OS2/c1-12-4-3-9-20(10-12)17(21)18-8-7-14-5-6-16(23-14)15-11-22-13(2)19-15/h5-6,11-12H,3-4,7-10H2,1-2H3,(H,18,21)/t12-/m1/s1. The number of likely N-dealkylation sites (tertiary alicyclic amines) is 1. The molecular formula is C17H23N3OS2. The number of urea groups is 1. The fourth-order valence-corrected chi connectivity index (χ4v) is 4.56. The minimum absolute atomic E-state index is 0.0865. The van der Waals surface area contributed by atoms with Crippen molar-refractivity contribution in [2.75, 3.05) is 19.6 Å². The van der Waals surface area contributed by atoms with Gasteiger partial charge in [-0.05, 0) is 44.2 Å². The summed E-state index contributed by atoms with van der Waals surface area (Å²) in [6, 6.07) is 4.36. The second-order valence-electron chi connectivity index (χ2n) is 6.19. The zero-order valence-corrected chi connectivity index (χ0v) is 15.3. The van der Waals surface area contributed by atoms with E-state index in [1.54, 1.807) is 22.7 Å². The molecule has 6 heteroatoms. The van der Waals surface area contributed by atoms with Crippen LogP contribution in [0.4, 0.5) is 4.79 Å². The highest BCUT2D eigenvalue weighted by atomic mass is 32.1. The normalized spacial score (nSPS) is 18.2. The second kappa shape index (κ2) is 7.45. The Morgan fingerprint density at radius 1 is 1.48 bits per heavy atom. The van der Waals surface area contributed by atoms with Crippen molar-refractivity contribution in [2.24, 2.45) is 5.92 Å². The molecule has 0 aliphatic carbocycles. The summed E-state index contributed by atoms with van der Waals surface area (Å²) in [5.41, 5.74) is 1.06. The first-order valence-corrected chi connectivity index (χ1v) is 9.85. The van der Waals surface area contributed by atoms with E-state index in [-0.39, 0.29) is 6.03 Å². The molecule has 3 rings (SSSR count). The van der Waals surface area contributed by atoms with Crippen molar-refractivity contribution in [3.05, 3.63) is 27.4 Å². The van der Waals surface area contributed by atoms with Crippen LogP contribution < -0.4 is 5.32 Å². The van der Waals surface area contributed by atoms with Crippen molar-refractivity contribution < 1.29 is 4.79 Å². The van der Waals surface area contributed by atoms with Gasteiger partial charge < -0.3 is 10.2 Å². The summed E-state index contributed by atoms with van der Waals surface area (Å²) >= 11 is 3.45. The van der Waals surface area contributed by atoms with Crippen molar-refractivity contribution in [2.45, 2.75) is 33.1 Å². The van der Waals surface area contributed by atoms with Gasteiger partial charge in [0.1, 0.15) is 0 Å². The van der Waals surface area contributed by atoms with E-state index in [2.05, 4.69) is 34.7 Å². The van der Waals surface area contributed by atoms with Crippen molar-refractivity contribution in [1.29, 1.82) is 0 Å². The van der Waals surface area contributed by atoms with Gasteiger partial charge in [-0.2, -0.15) is 0 Å². The third-order valence-electron chi connectivity index (χ3n) is 4.12. The molecule has 0 aromatic carbocycles. The molecule has 1 saturated heterocycles. The van der Waals surface area contributed by atoms with Crippen LogP contribution in [0.1, 0.15) is 29.7 Å². The number of aromatic nitrogens is 1. The molecule has 4 nitrogen and oxygen atoms in total. The van der Waals surface area contributed by atoms with Gasteiger partial charge in [-0.3, -0.25) is 0 Å². The molecule has 1 N–H and O–H groups in total. The molecule has 0 saturated carbocycles. The molecule has 0 unspecified atom stereocenters. The summed E-state index contributed by atoms with van der Waals surface area (Å²) < 4.78 is 0. The molecule has 1 fully saturated rings. The van der Waals surface area contributed by atoms with E-state index in [0.717, 1.165) is 36.6 Å². The number of hydrogen-bond acceptors (Lipinski definition) is 4. The third kappa shape index (κ3) is 4.32. The van der Waals surface area contributed by atoms with Crippen LogP contribution in [0, 0.1) is 12.8 Å². The van der Waals surface area contributed by atoms with Gasteiger partial charge in [-0.15, -0.1) is 22.7 Å². The minimum atomic E-state index is 0.0865. The van der Waals surface area contributed by atoms with Crippen molar-refractivity contribution >= 4 is 28.7 Å². The van der Waals surface area contributed by atoms with E-state index in [9.17, 15) is 4.79 Å². The highest BCUT2D eigenvalue weighted by Crippen LogP contribution is 2.29. The number of hydrogen-bond donors (Lipinski definition) is 1. The average Bonchev–Trinajstić information content (AvgIpc) is 3.16. The predicted octanol–water partition coefficient (Wildman–Crippen LogP) is 4.16. The van der Waals surface area contributed by atoms with E-state index >= 15 is 0 Å². The van der Waals surface area contributed by atoms with E-state index < -0.39 is 0 Å². The third-order valence-corrected chi connectivity index (χ3v) is 6.07. The first-order chi connectivity index (χ1) is 11.1. The van der Waals surface area contributed by atoms with Crippen LogP contribution in [-0.2, 0) is 6.42 Å². The maximum absolute atomic E-state index is 12.2. The van der Waals surface area contributed by atoms with Gasteiger partial charge in [-0.1, -0.05) is 6.92 Å². The minimum Gasteiger partial charge on any atom is -0.338 e. The van der Waals surface area contributed by atoms with Crippen LogP contribution in [0.5, 0.6) is 0 Å². The van der Waals surface area contributed by atoms with Gasteiger partial charge in [0.05, 0.1) is 15.6 Å². The zero-order chi connectivity index (χ0) is 16.2. The van der Waals surface area contributed by atoms with Crippen LogP contribution in [0.15, 0.2) is 17.5 Å². The monoisotopic (exact) mass is 349 g/mol. The van der Waals surface area contributed by atoms with Crippen molar-refractivity contribution in [3.63, 3.8) is 0 Å². The number of thiophene rings is 1. The summed E-state index contributed by atoms with van der Waals surface area (Å²) in [6.07, 6.45) is 3.23. The van der Waals surface area contributed by atoms with Gasteiger partial charge >= 0.3 is 6.03 Å². The highest BCUT2D eigenvalue weighted by molar-refractivity contribution is 7.16. The lowest BCUT2D eigenvalue weighted by molar-refractivity contribution is 0.170. The van der Waals surface area contributed by atoms with Crippen LogP contribution >= 0.6 is 22.7 Å². The van der Waals surface area contributed by atoms with Crippen LogP contribution in [0.3, 0.4) is 0 Å². The smallest absolute Gasteiger partial charge is 0.317 e. The van der Waals surface area contributed by atoms with E-state index in [1.165, 1.54) is 16.2 Å². The lowest BCUT2D eigenvalue weighted by Crippen LogP contribution is -2.45. The fourth-order valence-electron chi connectivity index (χ4n) is 2.90. The lowest BCUT2D eigenvalue weighted by atomic mass is 10.0. The molecule has 124 valence electrons. The molecule has 0 bridgehead atoms. The quantitative estimate of drug-likeness (QED) is 0.900. The number of carbonyl (C=O) groups excluding carboxylic acids is 1. The SMILES string of the molecule is Cc1nc(-c2ccc(CCNC(=O)N3CCC[C@@H](C)C3)s2)cs1. The Morgan fingerprint density at radius 2 is 2.35 bits per heavy atom. The maximum atomic E-state index is 12.2. The summed E-state index contributed by atoms with van der Waals surface area (Å²) in [5.74, 6) is 0.621. The molecule has 2 aromatic heterocycles. The van der Waals surface area contributed by atoms with Crippen molar-refractivity contribution in [1.82, 2.24) is 15.2 Å². The van der Waals surface area contributed by atoms with Gasteiger partial charge in [0.2, 0.25) is 0 Å². The molecule has 1 aliphatic rings. The van der Waals surface area contributed by atoms with Crippen LogP contribution in [0.25, 0.3) is 10.6 Å². The Balaban J connectivity index is 1.47. The zero-order valence-electron chi connectivity index (χ0n) is 13.7. The predicted molar refractivity (Wildman–Crippen MR) is 97.2 cm³/mol. The average molecular weight is 350 g/mol. The number of nitrogens with one attached hydrogen (secondary N) is 1. The molecule has 23 heavy (non-hydrogen) atoms. The summed E-state index contributed by atoms with van der Waals surface area (Å²) in [5, 5.41) is 6.25. The Bertz CT molecular complexity index is 664. The first-order valence-electron chi connectivity index (χ1n) is 8.16. The Labute approximate surface area is 145 Å². The topological polar surface area (TPSA) is 45.2 Å². The number of carbonyl (C=O) groups is 1. The van der Waals surface area contributed by atoms with Crippen LogP contribution in [0.2, 0.25) is 0 Å². The molecule has 0 spiro atoms. The fraction of sp³-hybridized carbons (Fsp3) is 0.529. The van der Waals surface area contributed by atoms with Gasteiger partial charge in [0, 0.05) is 29.9 Å². The number of piperidine rings is 1. The van der Waals surface area contributed by atoms with E-state index in [1.807, 2.05) is 11.8 Å². The number of aryl methyl sites for hydroxylation is 1. The molecular weight excluding hydrogens is 326 g/mol. The molecule has 3 heterocycles.